The van der Waals surface area contributed by atoms with E-state index in [0.717, 1.165) is 0 Å². The van der Waals surface area contributed by atoms with Gasteiger partial charge in [-0.2, -0.15) is 0 Å². The number of carbonyl (C=O) groups is 2. The molecule has 0 aliphatic carbocycles. The summed E-state index contributed by atoms with van der Waals surface area (Å²) in [5, 5.41) is 0. The Hall–Kier alpha value is -0.746. The number of esters is 2. The van der Waals surface area contributed by atoms with Crippen LogP contribution in [0.5, 0.6) is 0 Å². The first kappa shape index (κ1) is 22.3. The minimum absolute atomic E-state index is 0.298. The van der Waals surface area contributed by atoms with Crippen molar-refractivity contribution in [3.05, 3.63) is 0 Å². The molecule has 0 aromatic heterocycles. The zero-order valence-electron chi connectivity index (χ0n) is 15.4. The second-order valence-corrected chi connectivity index (χ2v) is 13.0. The molecule has 0 aromatic carbocycles. The lowest BCUT2D eigenvalue weighted by Crippen LogP contribution is -2.53. The van der Waals surface area contributed by atoms with Gasteiger partial charge in [-0.3, -0.25) is 9.59 Å². The van der Waals surface area contributed by atoms with Crippen LogP contribution in [0, 0.1) is 11.8 Å². The van der Waals surface area contributed by atoms with Crippen molar-refractivity contribution in [2.75, 3.05) is 28.4 Å². The molecule has 0 rings (SSSR count). The molecule has 0 N–H and O–H groups in total. The molecule has 0 aromatic rings. The largest absolute Gasteiger partial charge is 0.469 e. The Bertz CT molecular complexity index is 371. The summed E-state index contributed by atoms with van der Waals surface area (Å²) in [5.41, 5.74) is 0. The summed E-state index contributed by atoms with van der Waals surface area (Å²) in [6, 6.07) is 0.906. The fourth-order valence-corrected chi connectivity index (χ4v) is 10.3. The van der Waals surface area contributed by atoms with E-state index in [1.807, 2.05) is 13.1 Å². The standard InChI is InChI=1S/C14H30O7Si2/c1-11(13(15)17-3)9-22(7,19-5)21-23(8,20-6)10-12(2)14(16)18-4/h11-12H,9-10H2,1-8H3. The molecule has 0 spiro atoms. The molecular weight excluding hydrogens is 336 g/mol. The SMILES string of the molecule is COC(=O)C(C)C[Si](C)(OC)O[Si](C)(CC(C)C(=O)OC)OC. The van der Waals surface area contributed by atoms with E-state index in [1.54, 1.807) is 28.1 Å². The first-order valence-electron chi connectivity index (χ1n) is 7.52. The molecule has 136 valence electrons. The minimum atomic E-state index is -2.65. The van der Waals surface area contributed by atoms with Gasteiger partial charge in [-0.25, -0.2) is 0 Å². The molecule has 4 atom stereocenters. The van der Waals surface area contributed by atoms with Crippen LogP contribution in [-0.4, -0.2) is 57.5 Å². The maximum atomic E-state index is 11.7. The van der Waals surface area contributed by atoms with Gasteiger partial charge in [-0.15, -0.1) is 0 Å². The molecule has 9 heteroatoms. The number of rotatable bonds is 10. The van der Waals surface area contributed by atoms with Crippen LogP contribution in [0.1, 0.15) is 13.8 Å². The zero-order valence-corrected chi connectivity index (χ0v) is 17.4. The second kappa shape index (κ2) is 9.53. The number of ether oxygens (including phenoxy) is 2. The summed E-state index contributed by atoms with van der Waals surface area (Å²) in [7, 11) is 0.565. The van der Waals surface area contributed by atoms with Gasteiger partial charge >= 0.3 is 29.1 Å². The third kappa shape index (κ3) is 7.13. The Morgan fingerprint density at radius 2 is 1.09 bits per heavy atom. The van der Waals surface area contributed by atoms with E-state index in [0.29, 0.717) is 12.1 Å². The van der Waals surface area contributed by atoms with E-state index in [9.17, 15) is 9.59 Å². The molecule has 0 saturated heterocycles. The Balaban J connectivity index is 5.08. The highest BCUT2D eigenvalue weighted by molar-refractivity contribution is 6.80. The average Bonchev–Trinajstić information content (AvgIpc) is 2.52. The number of carbonyl (C=O) groups excluding carboxylic acids is 2. The van der Waals surface area contributed by atoms with E-state index in [2.05, 4.69) is 0 Å². The van der Waals surface area contributed by atoms with E-state index in [1.165, 1.54) is 14.2 Å². The Morgan fingerprint density at radius 3 is 1.30 bits per heavy atom. The number of methoxy groups -OCH3 is 2. The Labute approximate surface area is 141 Å². The first-order chi connectivity index (χ1) is 10.6. The molecule has 0 amide bonds. The van der Waals surface area contributed by atoms with Gasteiger partial charge in [0.25, 0.3) is 0 Å². The van der Waals surface area contributed by atoms with Crippen LogP contribution in [-0.2, 0) is 32.0 Å². The van der Waals surface area contributed by atoms with Crippen molar-refractivity contribution in [2.45, 2.75) is 39.0 Å². The maximum absolute atomic E-state index is 11.7. The van der Waals surface area contributed by atoms with Gasteiger partial charge in [0, 0.05) is 26.3 Å². The van der Waals surface area contributed by atoms with E-state index in [4.69, 9.17) is 22.4 Å². The third-order valence-corrected chi connectivity index (χ3v) is 11.7. The monoisotopic (exact) mass is 366 g/mol. The molecule has 0 bridgehead atoms. The first-order valence-corrected chi connectivity index (χ1v) is 12.6. The topological polar surface area (TPSA) is 80.3 Å². The molecule has 0 radical (unpaired) electrons. The van der Waals surface area contributed by atoms with Crippen LogP contribution in [0.3, 0.4) is 0 Å². The van der Waals surface area contributed by atoms with Gasteiger partial charge in [0.1, 0.15) is 0 Å². The lowest BCUT2D eigenvalue weighted by atomic mass is 10.2. The Kier molecular flexibility index (Phi) is 9.22. The predicted octanol–water partition coefficient (Wildman–Crippen LogP) is 2.06. The van der Waals surface area contributed by atoms with Crippen LogP contribution in [0.2, 0.25) is 25.2 Å². The molecule has 0 aliphatic heterocycles. The second-order valence-electron chi connectivity index (χ2n) is 6.03. The number of hydrogen-bond acceptors (Lipinski definition) is 7. The maximum Gasteiger partial charge on any atom is 0.326 e. The van der Waals surface area contributed by atoms with Crippen molar-refractivity contribution in [3.63, 3.8) is 0 Å². The average molecular weight is 367 g/mol. The van der Waals surface area contributed by atoms with Crippen LogP contribution < -0.4 is 0 Å². The van der Waals surface area contributed by atoms with Gasteiger partial charge in [-0.05, 0) is 13.1 Å². The van der Waals surface area contributed by atoms with Crippen molar-refractivity contribution in [2.24, 2.45) is 11.8 Å². The summed E-state index contributed by atoms with van der Waals surface area (Å²) in [6.07, 6.45) is 0. The molecule has 23 heavy (non-hydrogen) atoms. The van der Waals surface area contributed by atoms with Gasteiger partial charge < -0.3 is 22.4 Å². The van der Waals surface area contributed by atoms with Crippen molar-refractivity contribution in [1.82, 2.24) is 0 Å². The Morgan fingerprint density at radius 1 is 0.783 bits per heavy atom. The molecule has 0 saturated carbocycles. The van der Waals surface area contributed by atoms with Crippen LogP contribution in [0.25, 0.3) is 0 Å². The van der Waals surface area contributed by atoms with Crippen molar-refractivity contribution in [1.29, 1.82) is 0 Å². The van der Waals surface area contributed by atoms with Gasteiger partial charge in [-0.1, -0.05) is 13.8 Å². The minimum Gasteiger partial charge on any atom is -0.469 e. The normalized spacial score (nSPS) is 19.1. The molecule has 4 unspecified atom stereocenters. The predicted molar refractivity (Wildman–Crippen MR) is 90.3 cm³/mol. The third-order valence-electron chi connectivity index (χ3n) is 3.86. The highest BCUT2D eigenvalue weighted by Gasteiger charge is 2.45. The molecule has 0 heterocycles. The number of hydrogen-bond donors (Lipinski definition) is 0. The summed E-state index contributed by atoms with van der Waals surface area (Å²) in [5.74, 6) is -1.25. The lowest BCUT2D eigenvalue weighted by molar-refractivity contribution is -0.145. The molecular formula is C14H30O7Si2. The van der Waals surface area contributed by atoms with Crippen LogP contribution in [0.4, 0.5) is 0 Å². The smallest absolute Gasteiger partial charge is 0.326 e. The summed E-state index contributed by atoms with van der Waals surface area (Å²) < 4.78 is 27.0. The highest BCUT2D eigenvalue weighted by Crippen LogP contribution is 2.28. The fraction of sp³-hybridized carbons (Fsp3) is 0.857. The molecule has 7 nitrogen and oxygen atoms in total. The zero-order chi connectivity index (χ0) is 18.3. The van der Waals surface area contributed by atoms with Crippen molar-refractivity contribution in [3.8, 4) is 0 Å². The highest BCUT2D eigenvalue weighted by atomic mass is 28.5. The van der Waals surface area contributed by atoms with E-state index in [-0.39, 0.29) is 23.8 Å². The molecule has 0 aliphatic rings. The van der Waals surface area contributed by atoms with Crippen LogP contribution >= 0.6 is 0 Å². The summed E-state index contributed by atoms with van der Waals surface area (Å²) in [6.45, 7) is 7.34. The van der Waals surface area contributed by atoms with Gasteiger partial charge in [0.15, 0.2) is 0 Å². The summed E-state index contributed by atoms with van der Waals surface area (Å²) in [4.78, 5) is 23.3. The van der Waals surface area contributed by atoms with Gasteiger partial charge in [0.2, 0.25) is 0 Å². The summed E-state index contributed by atoms with van der Waals surface area (Å²) >= 11 is 0. The van der Waals surface area contributed by atoms with E-state index >= 15 is 0 Å². The van der Waals surface area contributed by atoms with E-state index < -0.39 is 17.1 Å². The van der Waals surface area contributed by atoms with Crippen molar-refractivity contribution >= 4 is 29.1 Å². The van der Waals surface area contributed by atoms with Gasteiger partial charge in [0.05, 0.1) is 26.1 Å². The van der Waals surface area contributed by atoms with Crippen LogP contribution in [0.15, 0.2) is 0 Å². The lowest BCUT2D eigenvalue weighted by Gasteiger charge is -2.37. The molecule has 0 fully saturated rings. The fourth-order valence-electron chi connectivity index (χ4n) is 2.47. The van der Waals surface area contributed by atoms with Crippen molar-refractivity contribution < 1.29 is 32.0 Å². The quantitative estimate of drug-likeness (QED) is 0.432.